The molecular formula is C24H14ClN3O3S. The monoisotopic (exact) mass is 459 g/mol. The molecule has 0 radical (unpaired) electrons. The number of Topliss-reactive ketones (excluding diaryl/α,β-unsaturated/α-hetero) is 1. The quantitative estimate of drug-likeness (QED) is 0.302. The summed E-state index contributed by atoms with van der Waals surface area (Å²) < 4.78 is 0. The zero-order valence-electron chi connectivity index (χ0n) is 16.4. The highest BCUT2D eigenvalue weighted by Crippen LogP contribution is 2.40. The minimum Gasteiger partial charge on any atom is -0.312 e. The number of benzene rings is 3. The van der Waals surface area contributed by atoms with Crippen molar-refractivity contribution in [1.29, 1.82) is 0 Å². The highest BCUT2D eigenvalue weighted by atomic mass is 35.5. The molecule has 156 valence electrons. The predicted molar refractivity (Wildman–Crippen MR) is 126 cm³/mol. The number of halogens is 1. The van der Waals surface area contributed by atoms with Crippen LogP contribution in [-0.2, 0) is 9.63 Å². The van der Waals surface area contributed by atoms with Gasteiger partial charge in [-0.15, -0.1) is 0 Å². The molecule has 3 aromatic carbocycles. The second-order valence-electron chi connectivity index (χ2n) is 6.86. The number of thioether (sulfide) groups is 1. The molecule has 2 aliphatic rings. The average molecular weight is 460 g/mol. The number of hydrogen-bond acceptors (Lipinski definition) is 7. The van der Waals surface area contributed by atoms with Crippen LogP contribution in [0.1, 0.15) is 15.9 Å². The van der Waals surface area contributed by atoms with Gasteiger partial charge in [-0.05, 0) is 36.0 Å². The van der Waals surface area contributed by atoms with Gasteiger partial charge in [0.05, 0.1) is 5.69 Å². The van der Waals surface area contributed by atoms with Gasteiger partial charge >= 0.3 is 5.97 Å². The van der Waals surface area contributed by atoms with E-state index < -0.39 is 5.97 Å². The van der Waals surface area contributed by atoms with Gasteiger partial charge in [-0.1, -0.05) is 77.4 Å². The number of carbonyl (C=O) groups excluding carboxylic acids is 2. The van der Waals surface area contributed by atoms with Gasteiger partial charge in [0, 0.05) is 16.1 Å². The molecule has 2 heterocycles. The van der Waals surface area contributed by atoms with Gasteiger partial charge in [0.1, 0.15) is 16.3 Å². The number of ketones is 1. The van der Waals surface area contributed by atoms with Crippen molar-refractivity contribution in [2.75, 3.05) is 5.01 Å². The molecule has 8 heteroatoms. The third kappa shape index (κ3) is 3.72. The Kier molecular flexibility index (Phi) is 5.34. The SMILES string of the molecule is O=C1ON=C(c2ccccc2)/C1=C1\SC(C(=O)c2ccccc2)=NN1c1ccc(Cl)cc1. The van der Waals surface area contributed by atoms with Crippen molar-refractivity contribution in [3.8, 4) is 0 Å². The summed E-state index contributed by atoms with van der Waals surface area (Å²) in [6, 6.07) is 25.1. The lowest BCUT2D eigenvalue weighted by Crippen LogP contribution is -2.18. The fourth-order valence-electron chi connectivity index (χ4n) is 3.27. The van der Waals surface area contributed by atoms with Crippen LogP contribution in [-0.4, -0.2) is 22.5 Å². The molecule has 5 rings (SSSR count). The highest BCUT2D eigenvalue weighted by molar-refractivity contribution is 8.19. The van der Waals surface area contributed by atoms with Crippen LogP contribution < -0.4 is 5.01 Å². The van der Waals surface area contributed by atoms with Gasteiger partial charge < -0.3 is 4.84 Å². The molecule has 3 aromatic rings. The molecule has 0 unspecified atom stereocenters. The summed E-state index contributed by atoms with van der Waals surface area (Å²) in [5.74, 6) is -0.844. The molecule has 0 fully saturated rings. The first-order valence-corrected chi connectivity index (χ1v) is 10.8. The lowest BCUT2D eigenvalue weighted by Gasteiger charge is -2.17. The molecule has 0 N–H and O–H groups in total. The Morgan fingerprint density at radius 2 is 1.56 bits per heavy atom. The van der Waals surface area contributed by atoms with E-state index in [4.69, 9.17) is 16.4 Å². The van der Waals surface area contributed by atoms with E-state index in [1.165, 1.54) is 0 Å². The number of nitrogens with zero attached hydrogens (tertiary/aromatic N) is 3. The third-order valence-corrected chi connectivity index (χ3v) is 6.08. The molecule has 32 heavy (non-hydrogen) atoms. The van der Waals surface area contributed by atoms with Crippen LogP contribution in [0.3, 0.4) is 0 Å². The van der Waals surface area contributed by atoms with E-state index in [0.29, 0.717) is 27.0 Å². The summed E-state index contributed by atoms with van der Waals surface area (Å²) in [6.07, 6.45) is 0. The van der Waals surface area contributed by atoms with Crippen LogP contribution in [0.15, 0.2) is 106 Å². The molecule has 0 aliphatic carbocycles. The Morgan fingerprint density at radius 1 is 0.906 bits per heavy atom. The van der Waals surface area contributed by atoms with Crippen molar-refractivity contribution < 1.29 is 14.4 Å². The first-order chi connectivity index (χ1) is 15.6. The van der Waals surface area contributed by atoms with Gasteiger partial charge in [0.25, 0.3) is 0 Å². The van der Waals surface area contributed by atoms with Crippen molar-refractivity contribution in [3.05, 3.63) is 112 Å². The molecular weight excluding hydrogens is 446 g/mol. The van der Waals surface area contributed by atoms with Crippen LogP contribution >= 0.6 is 23.4 Å². The number of carbonyl (C=O) groups is 2. The predicted octanol–water partition coefficient (Wildman–Crippen LogP) is 5.26. The molecule has 0 saturated heterocycles. The Hall–Kier alpha value is -3.68. The summed E-state index contributed by atoms with van der Waals surface area (Å²) in [5, 5.41) is 11.3. The van der Waals surface area contributed by atoms with Gasteiger partial charge in [-0.2, -0.15) is 5.10 Å². The highest BCUT2D eigenvalue weighted by Gasteiger charge is 2.38. The van der Waals surface area contributed by atoms with Crippen LogP contribution in [0.5, 0.6) is 0 Å². The summed E-state index contributed by atoms with van der Waals surface area (Å²) in [5.41, 5.74) is 2.51. The van der Waals surface area contributed by atoms with E-state index >= 15 is 0 Å². The first-order valence-electron chi connectivity index (χ1n) is 9.63. The summed E-state index contributed by atoms with van der Waals surface area (Å²) in [7, 11) is 0. The Morgan fingerprint density at radius 3 is 2.25 bits per heavy atom. The fourth-order valence-corrected chi connectivity index (χ4v) is 4.42. The average Bonchev–Trinajstić information content (AvgIpc) is 3.44. The standard InChI is InChI=1S/C24H14ClN3O3S/c25-17-11-13-18(14-12-17)28-23(32-22(26-28)21(29)16-9-5-2-6-10-16)19-20(27-31-24(19)30)15-7-3-1-4-8-15/h1-14H/b23-19+. The van der Waals surface area contributed by atoms with E-state index in [9.17, 15) is 9.59 Å². The van der Waals surface area contributed by atoms with Crippen LogP contribution in [0.2, 0.25) is 5.02 Å². The first kappa shape index (κ1) is 20.2. The maximum Gasteiger partial charge on any atom is 0.370 e. The normalized spacial score (nSPS) is 17.8. The van der Waals surface area contributed by atoms with Crippen molar-refractivity contribution in [2.24, 2.45) is 10.3 Å². The largest absolute Gasteiger partial charge is 0.370 e. The minimum absolute atomic E-state index is 0.237. The van der Waals surface area contributed by atoms with E-state index in [0.717, 1.165) is 17.3 Å². The number of rotatable bonds is 4. The topological polar surface area (TPSA) is 71.3 Å². The zero-order chi connectivity index (χ0) is 22.1. The van der Waals surface area contributed by atoms with Crippen molar-refractivity contribution in [1.82, 2.24) is 0 Å². The maximum atomic E-state index is 13.1. The number of oxime groups is 1. The van der Waals surface area contributed by atoms with E-state index in [-0.39, 0.29) is 16.4 Å². The third-order valence-electron chi connectivity index (χ3n) is 4.80. The molecule has 0 spiro atoms. The van der Waals surface area contributed by atoms with Crippen LogP contribution in [0, 0.1) is 0 Å². The number of hydrazone groups is 1. The van der Waals surface area contributed by atoms with E-state index in [2.05, 4.69) is 10.3 Å². The molecule has 0 amide bonds. The maximum absolute atomic E-state index is 13.1. The Labute approximate surface area is 192 Å². The van der Waals surface area contributed by atoms with Gasteiger partial charge in [0.2, 0.25) is 5.78 Å². The lowest BCUT2D eigenvalue weighted by molar-refractivity contribution is -0.136. The Balaban J connectivity index is 1.63. The smallest absolute Gasteiger partial charge is 0.312 e. The van der Waals surface area contributed by atoms with E-state index in [1.54, 1.807) is 53.5 Å². The van der Waals surface area contributed by atoms with Crippen LogP contribution in [0.25, 0.3) is 0 Å². The second-order valence-corrected chi connectivity index (χ2v) is 8.27. The van der Waals surface area contributed by atoms with Gasteiger partial charge in [-0.3, -0.25) is 4.79 Å². The molecule has 0 saturated carbocycles. The molecule has 0 bridgehead atoms. The number of hydrogen-bond donors (Lipinski definition) is 0. The van der Waals surface area contributed by atoms with Crippen LogP contribution in [0.4, 0.5) is 5.69 Å². The van der Waals surface area contributed by atoms with Crippen molar-refractivity contribution in [3.63, 3.8) is 0 Å². The summed E-state index contributed by atoms with van der Waals surface area (Å²) in [4.78, 5) is 30.9. The van der Waals surface area contributed by atoms with Crippen molar-refractivity contribution in [2.45, 2.75) is 0 Å². The Bertz CT molecular complexity index is 1300. The fraction of sp³-hybridized carbons (Fsp3) is 0. The van der Waals surface area contributed by atoms with Crippen molar-refractivity contribution >= 4 is 51.6 Å². The van der Waals surface area contributed by atoms with Gasteiger partial charge in [0.15, 0.2) is 5.04 Å². The summed E-state index contributed by atoms with van der Waals surface area (Å²) in [6.45, 7) is 0. The number of anilines is 1. The molecule has 0 atom stereocenters. The molecule has 6 nitrogen and oxygen atoms in total. The molecule has 0 aromatic heterocycles. The zero-order valence-corrected chi connectivity index (χ0v) is 18.0. The molecule has 2 aliphatic heterocycles. The second kappa shape index (κ2) is 8.45. The lowest BCUT2D eigenvalue weighted by atomic mass is 10.0. The van der Waals surface area contributed by atoms with E-state index in [1.807, 2.05) is 36.4 Å². The summed E-state index contributed by atoms with van der Waals surface area (Å²) >= 11 is 7.16. The van der Waals surface area contributed by atoms with Gasteiger partial charge in [-0.25, -0.2) is 9.80 Å². The minimum atomic E-state index is -0.603.